The molecule has 0 fully saturated rings. The van der Waals surface area contributed by atoms with Crippen molar-refractivity contribution >= 4 is 28.0 Å². The largest absolute Gasteiger partial charge is 0.411 e. The summed E-state index contributed by atoms with van der Waals surface area (Å²) >= 11 is 3.20. The van der Waals surface area contributed by atoms with E-state index in [-0.39, 0.29) is 0 Å². The number of anilines is 1. The molecule has 1 aromatic heterocycles. The van der Waals surface area contributed by atoms with Gasteiger partial charge in [-0.1, -0.05) is 5.16 Å². The van der Waals surface area contributed by atoms with Crippen LogP contribution in [0.4, 0.5) is 5.82 Å². The zero-order valence-electron chi connectivity index (χ0n) is 5.53. The molecular formula is C6H6BrN3O. The van der Waals surface area contributed by atoms with Gasteiger partial charge in [0.15, 0.2) is 0 Å². The second-order valence-electron chi connectivity index (χ2n) is 1.87. The molecule has 5 heteroatoms. The number of pyridine rings is 1. The van der Waals surface area contributed by atoms with Crippen molar-refractivity contribution in [3.63, 3.8) is 0 Å². The van der Waals surface area contributed by atoms with Crippen LogP contribution in [0, 0.1) is 0 Å². The Bertz CT molecular complexity index is 287. The van der Waals surface area contributed by atoms with Crippen LogP contribution in [0.3, 0.4) is 0 Å². The van der Waals surface area contributed by atoms with Gasteiger partial charge in [0.2, 0.25) is 0 Å². The average molecular weight is 216 g/mol. The van der Waals surface area contributed by atoms with Crippen molar-refractivity contribution in [2.45, 2.75) is 0 Å². The molecule has 0 unspecified atom stereocenters. The number of rotatable bonds is 1. The highest BCUT2D eigenvalue weighted by Gasteiger charge is 1.97. The molecule has 0 aliphatic heterocycles. The predicted molar refractivity (Wildman–Crippen MR) is 45.7 cm³/mol. The molecule has 0 bridgehead atoms. The molecule has 0 atom stereocenters. The first-order valence-electron chi connectivity index (χ1n) is 2.82. The Balaban J connectivity index is 3.12. The van der Waals surface area contributed by atoms with Crippen LogP contribution in [-0.4, -0.2) is 16.4 Å². The monoisotopic (exact) mass is 215 g/mol. The zero-order chi connectivity index (χ0) is 8.27. The minimum absolute atomic E-state index is 0.339. The van der Waals surface area contributed by atoms with Crippen LogP contribution < -0.4 is 5.73 Å². The lowest BCUT2D eigenvalue weighted by molar-refractivity contribution is 0.322. The number of oxime groups is 1. The van der Waals surface area contributed by atoms with Gasteiger partial charge in [-0.05, 0) is 22.0 Å². The Morgan fingerprint density at radius 2 is 2.45 bits per heavy atom. The Morgan fingerprint density at radius 1 is 1.73 bits per heavy atom. The molecule has 1 heterocycles. The van der Waals surface area contributed by atoms with Gasteiger partial charge in [-0.3, -0.25) is 0 Å². The lowest BCUT2D eigenvalue weighted by Gasteiger charge is -1.96. The van der Waals surface area contributed by atoms with E-state index in [9.17, 15) is 0 Å². The van der Waals surface area contributed by atoms with Gasteiger partial charge in [0.25, 0.3) is 0 Å². The van der Waals surface area contributed by atoms with E-state index < -0.39 is 0 Å². The molecule has 58 valence electrons. The van der Waals surface area contributed by atoms with Crippen LogP contribution in [0.25, 0.3) is 0 Å². The maximum absolute atomic E-state index is 8.21. The second kappa shape index (κ2) is 3.34. The summed E-state index contributed by atoms with van der Waals surface area (Å²) in [6.45, 7) is 0. The molecule has 4 nitrogen and oxygen atoms in total. The van der Waals surface area contributed by atoms with Crippen molar-refractivity contribution in [1.82, 2.24) is 4.98 Å². The van der Waals surface area contributed by atoms with Crippen LogP contribution in [0.2, 0.25) is 0 Å². The number of nitrogen functional groups attached to an aromatic ring is 1. The van der Waals surface area contributed by atoms with Crippen molar-refractivity contribution in [3.05, 3.63) is 22.3 Å². The molecule has 0 aliphatic carbocycles. The minimum atomic E-state index is 0.339. The number of hydrogen-bond acceptors (Lipinski definition) is 4. The first kappa shape index (κ1) is 8.00. The maximum atomic E-state index is 8.21. The smallest absolute Gasteiger partial charge is 0.132 e. The summed E-state index contributed by atoms with van der Waals surface area (Å²) in [6.07, 6.45) is 2.80. The quantitative estimate of drug-likeness (QED) is 0.421. The summed E-state index contributed by atoms with van der Waals surface area (Å²) in [5.41, 5.74) is 6.03. The van der Waals surface area contributed by atoms with Crippen LogP contribution >= 0.6 is 15.9 Å². The Morgan fingerprint density at radius 3 is 3.09 bits per heavy atom. The molecule has 0 aliphatic rings. The molecule has 11 heavy (non-hydrogen) atoms. The predicted octanol–water partition coefficient (Wildman–Crippen LogP) is 1.23. The van der Waals surface area contributed by atoms with Gasteiger partial charge in [0.1, 0.15) is 5.82 Å². The Labute approximate surface area is 71.9 Å². The number of aromatic nitrogens is 1. The minimum Gasteiger partial charge on any atom is -0.411 e. The summed E-state index contributed by atoms with van der Waals surface area (Å²) in [7, 11) is 0. The van der Waals surface area contributed by atoms with Crippen molar-refractivity contribution in [3.8, 4) is 0 Å². The lowest BCUT2D eigenvalue weighted by Crippen LogP contribution is -1.96. The number of nitrogens with two attached hydrogens (primary N) is 1. The van der Waals surface area contributed by atoms with Crippen LogP contribution in [0.5, 0.6) is 0 Å². The van der Waals surface area contributed by atoms with Gasteiger partial charge < -0.3 is 10.9 Å². The first-order valence-corrected chi connectivity index (χ1v) is 3.62. The molecule has 0 amide bonds. The van der Waals surface area contributed by atoms with E-state index >= 15 is 0 Å². The molecule has 1 aromatic rings. The third-order valence-corrected chi connectivity index (χ3v) is 1.55. The lowest BCUT2D eigenvalue weighted by atomic mass is 10.3. The topological polar surface area (TPSA) is 71.5 Å². The Hall–Kier alpha value is -1.10. The van der Waals surface area contributed by atoms with Crippen LogP contribution in [0.15, 0.2) is 21.9 Å². The van der Waals surface area contributed by atoms with E-state index in [0.29, 0.717) is 11.4 Å². The first-order chi connectivity index (χ1) is 5.24. The number of nitrogens with zero attached hydrogens (tertiary/aromatic N) is 2. The van der Waals surface area contributed by atoms with E-state index in [0.717, 1.165) is 4.47 Å². The van der Waals surface area contributed by atoms with Crippen molar-refractivity contribution < 1.29 is 5.21 Å². The fourth-order valence-corrected chi connectivity index (χ4v) is 0.980. The average Bonchev–Trinajstić information content (AvgIpc) is 1.98. The highest BCUT2D eigenvalue weighted by molar-refractivity contribution is 9.10. The van der Waals surface area contributed by atoms with E-state index in [1.807, 2.05) is 0 Å². The molecular weight excluding hydrogens is 210 g/mol. The molecule has 0 aromatic carbocycles. The summed E-state index contributed by atoms with van der Waals surface area (Å²) in [5, 5.41) is 11.0. The van der Waals surface area contributed by atoms with Crippen LogP contribution in [0.1, 0.15) is 5.56 Å². The maximum Gasteiger partial charge on any atom is 0.132 e. The van der Waals surface area contributed by atoms with Crippen molar-refractivity contribution in [2.75, 3.05) is 5.73 Å². The molecule has 0 spiro atoms. The fourth-order valence-electron chi connectivity index (χ4n) is 0.631. The summed E-state index contributed by atoms with van der Waals surface area (Å²) < 4.78 is 0.793. The summed E-state index contributed by atoms with van der Waals surface area (Å²) in [6, 6.07) is 1.71. The van der Waals surface area contributed by atoms with E-state index in [4.69, 9.17) is 10.9 Å². The number of halogens is 1. The highest BCUT2D eigenvalue weighted by atomic mass is 79.9. The molecule has 0 radical (unpaired) electrons. The summed E-state index contributed by atoms with van der Waals surface area (Å²) in [4.78, 5) is 3.83. The van der Waals surface area contributed by atoms with Gasteiger partial charge in [-0.2, -0.15) is 0 Å². The van der Waals surface area contributed by atoms with Crippen LogP contribution in [-0.2, 0) is 0 Å². The zero-order valence-corrected chi connectivity index (χ0v) is 7.12. The normalized spacial score (nSPS) is 10.6. The van der Waals surface area contributed by atoms with E-state index in [2.05, 4.69) is 26.1 Å². The highest BCUT2D eigenvalue weighted by Crippen LogP contribution is 2.13. The van der Waals surface area contributed by atoms with Crippen molar-refractivity contribution in [2.24, 2.45) is 5.16 Å². The molecule has 1 rings (SSSR count). The van der Waals surface area contributed by atoms with Gasteiger partial charge in [0, 0.05) is 16.2 Å². The molecule has 0 saturated carbocycles. The van der Waals surface area contributed by atoms with Gasteiger partial charge in [0.05, 0.1) is 6.21 Å². The third-order valence-electron chi connectivity index (χ3n) is 1.11. The van der Waals surface area contributed by atoms with Crippen molar-refractivity contribution in [1.29, 1.82) is 0 Å². The van der Waals surface area contributed by atoms with E-state index in [1.54, 1.807) is 12.3 Å². The van der Waals surface area contributed by atoms with Gasteiger partial charge in [-0.15, -0.1) is 0 Å². The van der Waals surface area contributed by atoms with Gasteiger partial charge >= 0.3 is 0 Å². The van der Waals surface area contributed by atoms with Gasteiger partial charge in [-0.25, -0.2) is 4.98 Å². The fraction of sp³-hybridized carbons (Fsp3) is 0. The molecule has 0 saturated heterocycles. The third kappa shape index (κ3) is 1.91. The Kier molecular flexibility index (Phi) is 2.43. The second-order valence-corrected chi connectivity index (χ2v) is 2.79. The summed E-state index contributed by atoms with van der Waals surface area (Å²) in [5.74, 6) is 0.339. The SMILES string of the molecule is Nc1ncc(Br)cc1C=NO. The molecule has 3 N–H and O–H groups in total. The number of hydrogen-bond donors (Lipinski definition) is 2. The standard InChI is InChI=1S/C6H6BrN3O/c7-5-1-4(2-10-11)6(8)9-3-5/h1-3,11H,(H2,8,9). The van der Waals surface area contributed by atoms with E-state index in [1.165, 1.54) is 6.21 Å².